The molecule has 0 aliphatic carbocycles. The summed E-state index contributed by atoms with van der Waals surface area (Å²) in [5, 5.41) is 9.66. The fourth-order valence-electron chi connectivity index (χ4n) is 3.45. The maximum atomic E-state index is 11.6. The fourth-order valence-corrected chi connectivity index (χ4v) is 4.01. The van der Waals surface area contributed by atoms with Gasteiger partial charge in [-0.05, 0) is 49.7 Å². The molecule has 1 heterocycles. The van der Waals surface area contributed by atoms with Crippen molar-refractivity contribution in [3.8, 4) is 28.5 Å². The van der Waals surface area contributed by atoms with Gasteiger partial charge < -0.3 is 10.6 Å². The number of nitriles is 1. The van der Waals surface area contributed by atoms with Gasteiger partial charge in [-0.1, -0.05) is 24.3 Å². The van der Waals surface area contributed by atoms with Crippen LogP contribution in [0.15, 0.2) is 54.6 Å². The molecule has 2 aromatic carbocycles. The molecule has 0 saturated heterocycles. The summed E-state index contributed by atoms with van der Waals surface area (Å²) in [6.45, 7) is 6.02. The van der Waals surface area contributed by atoms with E-state index in [1.807, 2.05) is 30.3 Å². The largest absolute Gasteiger partial charge is 0.383 e. The van der Waals surface area contributed by atoms with Gasteiger partial charge in [0, 0.05) is 35.6 Å². The van der Waals surface area contributed by atoms with E-state index in [1.54, 1.807) is 24.3 Å². The highest BCUT2D eigenvalue weighted by Crippen LogP contribution is 2.33. The smallest absolute Gasteiger partial charge is 0.229 e. The van der Waals surface area contributed by atoms with Gasteiger partial charge in [-0.15, -0.1) is 0 Å². The van der Waals surface area contributed by atoms with E-state index < -0.39 is 10.0 Å². The Morgan fingerprint density at radius 2 is 1.74 bits per heavy atom. The lowest BCUT2D eigenvalue weighted by molar-refractivity contribution is 0.607. The number of nitrogen functional groups attached to an aromatic ring is 1. The number of nitrogens with two attached hydrogens (primary N) is 1. The Morgan fingerprint density at radius 3 is 2.32 bits per heavy atom. The molecular formula is C23H25N5O2S. The number of rotatable bonds is 7. The van der Waals surface area contributed by atoms with Crippen LogP contribution >= 0.6 is 0 Å². The van der Waals surface area contributed by atoms with E-state index in [9.17, 15) is 13.7 Å². The number of nitrogens with zero attached hydrogens (tertiary/aromatic N) is 3. The molecule has 0 aliphatic rings. The molecule has 31 heavy (non-hydrogen) atoms. The van der Waals surface area contributed by atoms with E-state index in [2.05, 4.69) is 34.5 Å². The van der Waals surface area contributed by atoms with Gasteiger partial charge >= 0.3 is 0 Å². The van der Waals surface area contributed by atoms with Crippen molar-refractivity contribution in [3.05, 3.63) is 60.2 Å². The third kappa shape index (κ3) is 5.13. The summed E-state index contributed by atoms with van der Waals surface area (Å²) in [5.41, 5.74) is 10.7. The number of aromatic nitrogens is 1. The molecule has 1 aromatic heterocycles. The van der Waals surface area contributed by atoms with Crippen molar-refractivity contribution in [3.63, 3.8) is 0 Å². The van der Waals surface area contributed by atoms with Crippen molar-refractivity contribution in [1.29, 1.82) is 5.26 Å². The number of anilines is 3. The molecule has 3 rings (SSSR count). The second-order valence-corrected chi connectivity index (χ2v) is 8.85. The number of hydrogen-bond donors (Lipinski definition) is 2. The average molecular weight is 436 g/mol. The van der Waals surface area contributed by atoms with E-state index in [0.717, 1.165) is 30.6 Å². The van der Waals surface area contributed by atoms with Crippen molar-refractivity contribution in [2.24, 2.45) is 0 Å². The Kier molecular flexibility index (Phi) is 6.47. The zero-order valence-corrected chi connectivity index (χ0v) is 18.6. The maximum absolute atomic E-state index is 11.6. The molecule has 0 fully saturated rings. The van der Waals surface area contributed by atoms with Crippen molar-refractivity contribution in [1.82, 2.24) is 4.98 Å². The summed E-state index contributed by atoms with van der Waals surface area (Å²) in [4.78, 5) is 6.62. The first-order valence-electron chi connectivity index (χ1n) is 9.90. The summed E-state index contributed by atoms with van der Waals surface area (Å²) in [6.07, 6.45) is 1.09. The zero-order valence-electron chi connectivity index (χ0n) is 17.8. The van der Waals surface area contributed by atoms with Crippen LogP contribution in [0.3, 0.4) is 0 Å². The molecule has 7 nitrogen and oxygen atoms in total. The molecule has 0 radical (unpaired) electrons. The minimum absolute atomic E-state index is 0.129. The summed E-state index contributed by atoms with van der Waals surface area (Å²) < 4.78 is 25.6. The molecule has 0 saturated carbocycles. The van der Waals surface area contributed by atoms with Crippen LogP contribution in [0.1, 0.15) is 19.4 Å². The van der Waals surface area contributed by atoms with Gasteiger partial charge in [0.1, 0.15) is 17.5 Å². The lowest BCUT2D eigenvalue weighted by Gasteiger charge is -2.21. The van der Waals surface area contributed by atoms with Gasteiger partial charge in [0.15, 0.2) is 0 Å². The van der Waals surface area contributed by atoms with Crippen LogP contribution in [-0.4, -0.2) is 32.7 Å². The van der Waals surface area contributed by atoms with Crippen LogP contribution < -0.4 is 15.4 Å². The van der Waals surface area contributed by atoms with Crippen LogP contribution in [0.25, 0.3) is 22.4 Å². The minimum Gasteiger partial charge on any atom is -0.383 e. The third-order valence-corrected chi connectivity index (χ3v) is 5.53. The van der Waals surface area contributed by atoms with Crippen molar-refractivity contribution in [2.45, 2.75) is 13.8 Å². The monoisotopic (exact) mass is 435 g/mol. The van der Waals surface area contributed by atoms with Crippen molar-refractivity contribution in [2.75, 3.05) is 34.7 Å². The summed E-state index contributed by atoms with van der Waals surface area (Å²) in [7, 11) is -3.40. The first-order chi connectivity index (χ1) is 14.8. The first-order valence-corrected chi connectivity index (χ1v) is 11.8. The van der Waals surface area contributed by atoms with Gasteiger partial charge in [-0.2, -0.15) is 5.26 Å². The molecule has 0 aliphatic heterocycles. The average Bonchev–Trinajstić information content (AvgIpc) is 2.73. The van der Waals surface area contributed by atoms with Gasteiger partial charge in [-0.3, -0.25) is 4.72 Å². The quantitative estimate of drug-likeness (QED) is 0.578. The van der Waals surface area contributed by atoms with Crippen LogP contribution in [0.4, 0.5) is 17.2 Å². The molecule has 3 N–H and O–H groups in total. The fraction of sp³-hybridized carbons (Fsp3) is 0.217. The molecular weight excluding hydrogens is 410 g/mol. The lowest BCUT2D eigenvalue weighted by Crippen LogP contribution is -2.21. The highest BCUT2D eigenvalue weighted by Gasteiger charge is 2.14. The van der Waals surface area contributed by atoms with E-state index in [1.165, 1.54) is 0 Å². The highest BCUT2D eigenvalue weighted by atomic mass is 32.2. The number of pyridine rings is 1. The van der Waals surface area contributed by atoms with Crippen LogP contribution in [0, 0.1) is 11.3 Å². The van der Waals surface area contributed by atoms with E-state index >= 15 is 0 Å². The number of hydrogen-bond acceptors (Lipinski definition) is 6. The molecule has 0 spiro atoms. The Hall–Kier alpha value is -3.57. The predicted molar refractivity (Wildman–Crippen MR) is 126 cm³/mol. The SMILES string of the molecule is CCN(CC)c1ccc(-c2cc(-c3cccc(NS(C)(=O)=O)c3)nc(N)c2C#N)cc1. The Labute approximate surface area is 183 Å². The van der Waals surface area contributed by atoms with Crippen LogP contribution in [0.2, 0.25) is 0 Å². The van der Waals surface area contributed by atoms with Crippen molar-refractivity contribution < 1.29 is 8.42 Å². The van der Waals surface area contributed by atoms with Gasteiger partial charge in [0.25, 0.3) is 0 Å². The number of benzene rings is 2. The molecule has 3 aromatic rings. The second-order valence-electron chi connectivity index (χ2n) is 7.10. The number of nitrogens with one attached hydrogen (secondary N) is 1. The second kappa shape index (κ2) is 9.06. The molecule has 0 unspecified atom stereocenters. The predicted octanol–water partition coefficient (Wildman–Crippen LogP) is 4.09. The molecule has 0 atom stereocenters. The molecule has 160 valence electrons. The molecule has 0 amide bonds. The van der Waals surface area contributed by atoms with Crippen LogP contribution in [0.5, 0.6) is 0 Å². The Bertz CT molecular complexity index is 1230. The summed E-state index contributed by atoms with van der Waals surface area (Å²) in [5.74, 6) is 0.129. The minimum atomic E-state index is -3.40. The lowest BCUT2D eigenvalue weighted by atomic mass is 9.98. The summed E-state index contributed by atoms with van der Waals surface area (Å²) in [6, 6.07) is 18.8. The van der Waals surface area contributed by atoms with E-state index in [0.29, 0.717) is 28.1 Å². The van der Waals surface area contributed by atoms with Gasteiger partial charge in [-0.25, -0.2) is 13.4 Å². The highest BCUT2D eigenvalue weighted by molar-refractivity contribution is 7.92. The standard InChI is InChI=1S/C23H25N5O2S/c1-4-28(5-2)19-11-9-16(10-12-19)20-14-22(26-23(25)21(20)15-24)17-7-6-8-18(13-17)27-31(3,29)30/h6-14,27H,4-5H2,1-3H3,(H2,25,26). The summed E-state index contributed by atoms with van der Waals surface area (Å²) >= 11 is 0. The Balaban J connectivity index is 2.08. The third-order valence-electron chi connectivity index (χ3n) is 4.93. The van der Waals surface area contributed by atoms with E-state index in [-0.39, 0.29) is 5.82 Å². The van der Waals surface area contributed by atoms with Gasteiger partial charge in [0.2, 0.25) is 10.0 Å². The maximum Gasteiger partial charge on any atom is 0.229 e. The molecule has 0 bridgehead atoms. The Morgan fingerprint density at radius 1 is 1.06 bits per heavy atom. The topological polar surface area (TPSA) is 112 Å². The molecule has 8 heteroatoms. The van der Waals surface area contributed by atoms with Crippen LogP contribution in [-0.2, 0) is 10.0 Å². The van der Waals surface area contributed by atoms with E-state index in [4.69, 9.17) is 5.73 Å². The zero-order chi connectivity index (χ0) is 22.6. The first kappa shape index (κ1) is 22.1. The van der Waals surface area contributed by atoms with Gasteiger partial charge in [0.05, 0.1) is 11.9 Å². The normalized spacial score (nSPS) is 11.0. The van der Waals surface area contributed by atoms with Crippen molar-refractivity contribution >= 4 is 27.2 Å². The number of sulfonamides is 1.